The van der Waals surface area contributed by atoms with Gasteiger partial charge in [0.25, 0.3) is 0 Å². The SMILES string of the molecule is CCOc1ccc(/C=C/C(=O)Nc2nc(CC(=O)OC)cs2)cc1. The van der Waals surface area contributed by atoms with Crippen LogP contribution in [0.1, 0.15) is 18.2 Å². The summed E-state index contributed by atoms with van der Waals surface area (Å²) in [5.41, 5.74) is 1.46. The number of esters is 1. The average Bonchev–Trinajstić information content (AvgIpc) is 3.01. The maximum absolute atomic E-state index is 11.9. The first kappa shape index (κ1) is 17.7. The molecule has 1 aromatic heterocycles. The number of amides is 1. The molecular formula is C17H18N2O4S. The number of thiazole rings is 1. The number of carbonyl (C=O) groups excluding carboxylic acids is 2. The van der Waals surface area contributed by atoms with Crippen molar-refractivity contribution in [3.8, 4) is 5.75 Å². The molecule has 7 heteroatoms. The van der Waals surface area contributed by atoms with Gasteiger partial charge in [0.15, 0.2) is 5.13 Å². The molecule has 1 N–H and O–H groups in total. The van der Waals surface area contributed by atoms with Crippen molar-refractivity contribution in [3.63, 3.8) is 0 Å². The molecule has 6 nitrogen and oxygen atoms in total. The predicted molar refractivity (Wildman–Crippen MR) is 93.1 cm³/mol. The van der Waals surface area contributed by atoms with Crippen LogP contribution in [-0.2, 0) is 20.7 Å². The molecule has 0 unspecified atom stereocenters. The van der Waals surface area contributed by atoms with Crippen molar-refractivity contribution < 1.29 is 19.1 Å². The van der Waals surface area contributed by atoms with Crippen LogP contribution in [0, 0.1) is 0 Å². The highest BCUT2D eigenvalue weighted by Crippen LogP contribution is 2.16. The number of methoxy groups -OCH3 is 1. The normalized spacial score (nSPS) is 10.6. The molecule has 0 aliphatic rings. The van der Waals surface area contributed by atoms with Gasteiger partial charge in [-0.3, -0.25) is 14.9 Å². The van der Waals surface area contributed by atoms with Crippen molar-refractivity contribution in [2.24, 2.45) is 0 Å². The molecule has 1 amide bonds. The largest absolute Gasteiger partial charge is 0.494 e. The molecule has 0 aliphatic carbocycles. The van der Waals surface area contributed by atoms with E-state index in [0.717, 1.165) is 11.3 Å². The summed E-state index contributed by atoms with van der Waals surface area (Å²) in [4.78, 5) is 27.2. The van der Waals surface area contributed by atoms with Crippen LogP contribution in [0.2, 0.25) is 0 Å². The average molecular weight is 346 g/mol. The van der Waals surface area contributed by atoms with Crippen molar-refractivity contribution in [2.75, 3.05) is 19.0 Å². The summed E-state index contributed by atoms with van der Waals surface area (Å²) in [6, 6.07) is 7.43. The molecule has 1 heterocycles. The lowest BCUT2D eigenvalue weighted by Gasteiger charge is -2.02. The molecule has 2 aromatic rings. The summed E-state index contributed by atoms with van der Waals surface area (Å²) in [6.45, 7) is 2.54. The van der Waals surface area contributed by atoms with Crippen molar-refractivity contribution in [2.45, 2.75) is 13.3 Å². The molecule has 24 heavy (non-hydrogen) atoms. The Labute approximate surface area is 144 Å². The zero-order valence-corrected chi connectivity index (χ0v) is 14.3. The van der Waals surface area contributed by atoms with Crippen LogP contribution in [0.3, 0.4) is 0 Å². The minimum atomic E-state index is -0.367. The second kappa shape index (κ2) is 8.83. The summed E-state index contributed by atoms with van der Waals surface area (Å²) < 4.78 is 9.93. The number of aromatic nitrogens is 1. The molecule has 0 saturated carbocycles. The first-order valence-corrected chi connectivity index (χ1v) is 8.22. The van der Waals surface area contributed by atoms with Crippen LogP contribution in [0.25, 0.3) is 6.08 Å². The van der Waals surface area contributed by atoms with E-state index in [1.165, 1.54) is 24.5 Å². The van der Waals surface area contributed by atoms with E-state index in [1.54, 1.807) is 11.5 Å². The van der Waals surface area contributed by atoms with Crippen molar-refractivity contribution in [3.05, 3.63) is 47.0 Å². The Morgan fingerprint density at radius 2 is 2.04 bits per heavy atom. The van der Waals surface area contributed by atoms with Gasteiger partial charge in [-0.2, -0.15) is 0 Å². The Hall–Kier alpha value is -2.67. The topological polar surface area (TPSA) is 77.5 Å². The molecule has 0 atom stereocenters. The van der Waals surface area contributed by atoms with E-state index in [1.807, 2.05) is 31.2 Å². The summed E-state index contributed by atoms with van der Waals surface area (Å²) >= 11 is 1.26. The Morgan fingerprint density at radius 1 is 1.29 bits per heavy atom. The fourth-order valence-corrected chi connectivity index (χ4v) is 2.54. The highest BCUT2D eigenvalue weighted by molar-refractivity contribution is 7.14. The Bertz CT molecular complexity index is 722. The molecule has 2 rings (SSSR count). The van der Waals surface area contributed by atoms with E-state index >= 15 is 0 Å². The number of nitrogens with one attached hydrogen (secondary N) is 1. The number of hydrogen-bond donors (Lipinski definition) is 1. The lowest BCUT2D eigenvalue weighted by atomic mass is 10.2. The van der Waals surface area contributed by atoms with Gasteiger partial charge < -0.3 is 9.47 Å². The van der Waals surface area contributed by atoms with Crippen molar-refractivity contribution in [1.29, 1.82) is 0 Å². The minimum absolute atomic E-state index is 0.0882. The molecule has 0 bridgehead atoms. The van der Waals surface area contributed by atoms with E-state index in [9.17, 15) is 9.59 Å². The number of rotatable bonds is 7. The molecule has 0 radical (unpaired) electrons. The molecule has 126 valence electrons. The lowest BCUT2D eigenvalue weighted by molar-refractivity contribution is -0.139. The van der Waals surface area contributed by atoms with Gasteiger partial charge in [0.05, 0.1) is 25.8 Å². The Balaban J connectivity index is 1.89. The van der Waals surface area contributed by atoms with E-state index < -0.39 is 0 Å². The maximum Gasteiger partial charge on any atom is 0.311 e. The van der Waals surface area contributed by atoms with Crippen molar-refractivity contribution >= 4 is 34.4 Å². The van der Waals surface area contributed by atoms with Gasteiger partial charge in [0.2, 0.25) is 5.91 Å². The van der Waals surface area contributed by atoms with Crippen LogP contribution >= 0.6 is 11.3 Å². The standard InChI is InChI=1S/C17H18N2O4S/c1-3-23-14-7-4-12(5-8-14)6-9-15(20)19-17-18-13(11-24-17)10-16(21)22-2/h4-9,11H,3,10H2,1-2H3,(H,18,19,20)/b9-6+. The minimum Gasteiger partial charge on any atom is -0.494 e. The third-order valence-corrected chi connectivity index (χ3v) is 3.76. The van der Waals surface area contributed by atoms with Gasteiger partial charge >= 0.3 is 5.97 Å². The van der Waals surface area contributed by atoms with Gasteiger partial charge in [-0.05, 0) is 30.7 Å². The highest BCUT2D eigenvalue weighted by atomic mass is 32.1. The Kier molecular flexibility index (Phi) is 6.51. The monoisotopic (exact) mass is 346 g/mol. The smallest absolute Gasteiger partial charge is 0.311 e. The summed E-state index contributed by atoms with van der Waals surface area (Å²) in [5.74, 6) is 0.136. The zero-order valence-electron chi connectivity index (χ0n) is 13.4. The van der Waals surface area contributed by atoms with Gasteiger partial charge in [-0.1, -0.05) is 12.1 Å². The van der Waals surface area contributed by atoms with Gasteiger partial charge in [0, 0.05) is 11.5 Å². The predicted octanol–water partition coefficient (Wildman–Crippen LogP) is 2.91. The molecule has 0 aliphatic heterocycles. The second-order valence-electron chi connectivity index (χ2n) is 4.72. The fraction of sp³-hybridized carbons (Fsp3) is 0.235. The van der Waals surface area contributed by atoms with E-state index in [4.69, 9.17) is 4.74 Å². The van der Waals surface area contributed by atoms with Gasteiger partial charge in [-0.25, -0.2) is 4.98 Å². The first-order chi connectivity index (χ1) is 11.6. The van der Waals surface area contributed by atoms with Crippen LogP contribution < -0.4 is 10.1 Å². The molecule has 0 fully saturated rings. The third kappa shape index (κ3) is 5.51. The third-order valence-electron chi connectivity index (χ3n) is 2.95. The summed E-state index contributed by atoms with van der Waals surface area (Å²) in [6.07, 6.45) is 3.22. The van der Waals surface area contributed by atoms with Crippen LogP contribution in [0.5, 0.6) is 5.75 Å². The molecule has 0 spiro atoms. The number of nitrogens with zero attached hydrogens (tertiary/aromatic N) is 1. The highest BCUT2D eigenvalue weighted by Gasteiger charge is 2.08. The number of hydrogen-bond acceptors (Lipinski definition) is 6. The second-order valence-corrected chi connectivity index (χ2v) is 5.58. The van der Waals surface area contributed by atoms with E-state index in [2.05, 4.69) is 15.0 Å². The first-order valence-electron chi connectivity index (χ1n) is 7.34. The van der Waals surface area contributed by atoms with Crippen LogP contribution in [0.4, 0.5) is 5.13 Å². The van der Waals surface area contributed by atoms with Crippen LogP contribution in [0.15, 0.2) is 35.7 Å². The summed E-state index contributed by atoms with van der Waals surface area (Å²) in [7, 11) is 1.32. The van der Waals surface area contributed by atoms with E-state index in [-0.39, 0.29) is 18.3 Å². The van der Waals surface area contributed by atoms with Gasteiger partial charge in [0.1, 0.15) is 5.75 Å². The van der Waals surface area contributed by atoms with E-state index in [0.29, 0.717) is 17.4 Å². The fourth-order valence-electron chi connectivity index (χ4n) is 1.83. The quantitative estimate of drug-likeness (QED) is 0.616. The molecule has 0 saturated heterocycles. The maximum atomic E-state index is 11.9. The number of anilines is 1. The number of benzene rings is 1. The lowest BCUT2D eigenvalue weighted by Crippen LogP contribution is -2.08. The molecular weight excluding hydrogens is 328 g/mol. The van der Waals surface area contributed by atoms with Crippen molar-refractivity contribution in [1.82, 2.24) is 4.98 Å². The zero-order chi connectivity index (χ0) is 17.4. The number of carbonyl (C=O) groups is 2. The van der Waals surface area contributed by atoms with Crippen LogP contribution in [-0.4, -0.2) is 30.6 Å². The van der Waals surface area contributed by atoms with Gasteiger partial charge in [-0.15, -0.1) is 11.3 Å². The summed E-state index contributed by atoms with van der Waals surface area (Å²) in [5, 5.41) is 4.81. The molecule has 1 aromatic carbocycles. The Morgan fingerprint density at radius 3 is 2.71 bits per heavy atom. The number of ether oxygens (including phenoxy) is 2.